The molecule has 1 aromatic heterocycles. The van der Waals surface area contributed by atoms with Crippen LogP contribution in [0.3, 0.4) is 0 Å². The van der Waals surface area contributed by atoms with Gasteiger partial charge in [-0.15, -0.1) is 0 Å². The second kappa shape index (κ2) is 4.40. The van der Waals surface area contributed by atoms with Gasteiger partial charge in [0.05, 0.1) is 13.4 Å². The van der Waals surface area contributed by atoms with Crippen molar-refractivity contribution in [3.63, 3.8) is 0 Å². The highest BCUT2D eigenvalue weighted by Gasteiger charge is 2.08. The molecule has 0 N–H and O–H groups in total. The van der Waals surface area contributed by atoms with Gasteiger partial charge in [-0.05, 0) is 45.2 Å². The molecule has 0 radical (unpaired) electrons. The molecule has 0 unspecified atom stereocenters. The second-order valence-corrected chi connectivity index (χ2v) is 4.07. The molecule has 0 aromatic carbocycles. The van der Waals surface area contributed by atoms with E-state index in [9.17, 15) is 4.79 Å². The number of hydrogen-bond acceptors (Lipinski definition) is 3. The van der Waals surface area contributed by atoms with Crippen molar-refractivity contribution in [2.24, 2.45) is 0 Å². The number of aromatic nitrogens is 2. The van der Waals surface area contributed by atoms with Gasteiger partial charge in [0.2, 0.25) is 0 Å². The number of rotatable bonds is 2. The molecule has 1 rings (SSSR count). The summed E-state index contributed by atoms with van der Waals surface area (Å²) >= 11 is 4.25. The summed E-state index contributed by atoms with van der Waals surface area (Å²) in [5, 5.41) is 0. The Morgan fingerprint density at radius 3 is 2.83 bits per heavy atom. The lowest BCUT2D eigenvalue weighted by atomic mass is 10.6. The molecule has 0 atom stereocenters. The molecule has 0 saturated carbocycles. The largest absolute Gasteiger partial charge is 0.468 e. The molecule has 0 fully saturated rings. The molecule has 6 heteroatoms. The topological polar surface area (TPSA) is 44.1 Å². The Morgan fingerprint density at radius 2 is 2.42 bits per heavy atom. The Kier molecular flexibility index (Phi) is 3.75. The minimum Gasteiger partial charge on any atom is -0.468 e. The van der Waals surface area contributed by atoms with Gasteiger partial charge in [-0.2, -0.15) is 0 Å². The maximum Gasteiger partial charge on any atom is 0.325 e. The van der Waals surface area contributed by atoms with Crippen LogP contribution in [-0.4, -0.2) is 22.6 Å². The van der Waals surface area contributed by atoms with Gasteiger partial charge in [-0.3, -0.25) is 4.79 Å². The Balaban J connectivity index is 2.76. The van der Waals surface area contributed by atoms with Crippen LogP contribution in [0.4, 0.5) is 0 Å². The lowest BCUT2D eigenvalue weighted by Gasteiger charge is -2.00. The van der Waals surface area contributed by atoms with E-state index in [1.807, 2.05) is 0 Å². The van der Waals surface area contributed by atoms with Gasteiger partial charge in [-0.1, -0.05) is 0 Å². The minimum absolute atomic E-state index is 0.227. The van der Waals surface area contributed by atoms with Crippen molar-refractivity contribution in [2.45, 2.75) is 6.54 Å². The number of carbonyl (C=O) groups is 1. The summed E-state index contributed by atoms with van der Waals surface area (Å²) in [6.07, 6.45) is 1.63. The van der Waals surface area contributed by atoms with Crippen LogP contribution in [-0.2, 0) is 16.1 Å². The van der Waals surface area contributed by atoms with Crippen LogP contribution in [0.1, 0.15) is 0 Å². The zero-order valence-corrected chi connectivity index (χ0v) is 10.6. The summed E-state index contributed by atoms with van der Waals surface area (Å²) in [6.45, 7) is 0.227. The molecular formula is C6H6I2N2O2. The molecule has 0 amide bonds. The summed E-state index contributed by atoms with van der Waals surface area (Å²) in [5.74, 6) is -0.262. The maximum absolute atomic E-state index is 10.9. The molecule has 66 valence electrons. The van der Waals surface area contributed by atoms with Crippen LogP contribution in [0, 0.1) is 7.40 Å². The van der Waals surface area contributed by atoms with Gasteiger partial charge < -0.3 is 9.30 Å². The van der Waals surface area contributed by atoms with E-state index in [0.29, 0.717) is 0 Å². The summed E-state index contributed by atoms with van der Waals surface area (Å²) in [5.41, 5.74) is 0. The fourth-order valence-electron chi connectivity index (χ4n) is 0.657. The summed E-state index contributed by atoms with van der Waals surface area (Å²) in [4.78, 5) is 14.9. The van der Waals surface area contributed by atoms with Gasteiger partial charge in [0, 0.05) is 0 Å². The third-order valence-electron chi connectivity index (χ3n) is 1.26. The number of nitrogens with zero attached hydrogens (tertiary/aromatic N) is 2. The number of carbonyl (C=O) groups excluding carboxylic acids is 1. The van der Waals surface area contributed by atoms with E-state index < -0.39 is 0 Å². The number of methoxy groups -OCH3 is 1. The summed E-state index contributed by atoms with van der Waals surface area (Å²) < 4.78 is 8.13. The Labute approximate surface area is 97.0 Å². The third-order valence-corrected chi connectivity index (χ3v) is 4.21. The van der Waals surface area contributed by atoms with Crippen LogP contribution in [0.15, 0.2) is 6.33 Å². The van der Waals surface area contributed by atoms with Crippen molar-refractivity contribution in [1.29, 1.82) is 0 Å². The van der Waals surface area contributed by atoms with E-state index in [0.717, 1.165) is 7.40 Å². The number of imidazole rings is 1. The number of ether oxygens (including phenoxy) is 1. The van der Waals surface area contributed by atoms with E-state index in [2.05, 4.69) is 54.9 Å². The Bertz CT molecular complexity index is 298. The second-order valence-electron chi connectivity index (χ2n) is 2.03. The van der Waals surface area contributed by atoms with Crippen molar-refractivity contribution in [1.82, 2.24) is 9.55 Å². The normalized spacial score (nSPS) is 9.92. The van der Waals surface area contributed by atoms with E-state index in [-0.39, 0.29) is 12.5 Å². The van der Waals surface area contributed by atoms with E-state index in [1.165, 1.54) is 7.11 Å². The van der Waals surface area contributed by atoms with Gasteiger partial charge in [0.15, 0.2) is 0 Å². The lowest BCUT2D eigenvalue weighted by molar-refractivity contribution is -0.141. The molecule has 1 aromatic rings. The zero-order valence-electron chi connectivity index (χ0n) is 6.25. The standard InChI is InChI=1S/C6H6I2N2O2/c1-12-4(11)2-10-3-9-5(7)6(10)8/h3H,2H2,1H3. The molecule has 1 heterocycles. The van der Waals surface area contributed by atoms with E-state index >= 15 is 0 Å². The maximum atomic E-state index is 10.9. The highest BCUT2D eigenvalue weighted by molar-refractivity contribution is 14.1. The fraction of sp³-hybridized carbons (Fsp3) is 0.333. The lowest BCUT2D eigenvalue weighted by Crippen LogP contribution is -2.11. The average Bonchev–Trinajstić information content (AvgIpc) is 2.36. The SMILES string of the molecule is COC(=O)Cn1cnc(I)c1I. The molecule has 0 spiro atoms. The Hall–Kier alpha value is 0.140. The third kappa shape index (κ3) is 2.31. The van der Waals surface area contributed by atoms with Gasteiger partial charge in [-0.25, -0.2) is 4.98 Å². The predicted octanol–water partition coefficient (Wildman–Crippen LogP) is 1.27. The van der Waals surface area contributed by atoms with Crippen molar-refractivity contribution < 1.29 is 9.53 Å². The molecule has 0 bridgehead atoms. The molecule has 4 nitrogen and oxygen atoms in total. The highest BCUT2D eigenvalue weighted by Crippen LogP contribution is 2.12. The van der Waals surface area contributed by atoms with Crippen molar-refractivity contribution in [2.75, 3.05) is 7.11 Å². The smallest absolute Gasteiger partial charge is 0.325 e. The average molecular weight is 392 g/mol. The van der Waals surface area contributed by atoms with Crippen LogP contribution < -0.4 is 0 Å². The van der Waals surface area contributed by atoms with Gasteiger partial charge in [0.25, 0.3) is 0 Å². The highest BCUT2D eigenvalue weighted by atomic mass is 127. The van der Waals surface area contributed by atoms with Crippen molar-refractivity contribution >= 4 is 51.2 Å². The zero-order chi connectivity index (χ0) is 9.14. The fourth-order valence-corrected chi connectivity index (χ4v) is 1.53. The first kappa shape index (κ1) is 10.2. The van der Waals surface area contributed by atoms with Gasteiger partial charge in [0.1, 0.15) is 13.9 Å². The van der Waals surface area contributed by atoms with Crippen LogP contribution in [0.25, 0.3) is 0 Å². The number of esters is 1. The first-order chi connectivity index (χ1) is 5.65. The first-order valence-electron chi connectivity index (χ1n) is 3.08. The van der Waals surface area contributed by atoms with Crippen molar-refractivity contribution in [3.05, 3.63) is 13.7 Å². The molecule has 0 aliphatic heterocycles. The molecule has 0 saturated heterocycles. The van der Waals surface area contributed by atoms with Crippen LogP contribution in [0.5, 0.6) is 0 Å². The Morgan fingerprint density at radius 1 is 1.75 bits per heavy atom. The monoisotopic (exact) mass is 392 g/mol. The van der Waals surface area contributed by atoms with Crippen LogP contribution >= 0.6 is 45.2 Å². The van der Waals surface area contributed by atoms with Crippen molar-refractivity contribution in [3.8, 4) is 0 Å². The first-order valence-corrected chi connectivity index (χ1v) is 5.24. The van der Waals surface area contributed by atoms with Crippen LogP contribution in [0.2, 0.25) is 0 Å². The molecule has 0 aliphatic rings. The van der Waals surface area contributed by atoms with E-state index in [4.69, 9.17) is 0 Å². The molecule has 12 heavy (non-hydrogen) atoms. The van der Waals surface area contributed by atoms with Gasteiger partial charge >= 0.3 is 5.97 Å². The number of halogens is 2. The molecular weight excluding hydrogens is 386 g/mol. The predicted molar refractivity (Wildman–Crippen MR) is 59.7 cm³/mol. The molecule has 0 aliphatic carbocycles. The minimum atomic E-state index is -0.262. The summed E-state index contributed by atoms with van der Waals surface area (Å²) in [6, 6.07) is 0. The summed E-state index contributed by atoms with van der Waals surface area (Å²) in [7, 11) is 1.37. The number of hydrogen-bond donors (Lipinski definition) is 0. The van der Waals surface area contributed by atoms with E-state index in [1.54, 1.807) is 10.9 Å². The quantitative estimate of drug-likeness (QED) is 0.563.